The Kier molecular flexibility index (Phi) is 2.44. The van der Waals surface area contributed by atoms with Crippen LogP contribution < -0.4 is 0 Å². The topological polar surface area (TPSA) is 68.0 Å². The van der Waals surface area contributed by atoms with E-state index < -0.39 is 5.97 Å². The van der Waals surface area contributed by atoms with Crippen LogP contribution in [0, 0.1) is 13.8 Å². The maximum Gasteiger partial charge on any atom is 0.339 e. The van der Waals surface area contributed by atoms with Crippen LogP contribution in [0.25, 0.3) is 5.82 Å². The highest BCUT2D eigenvalue weighted by atomic mass is 16.4. The van der Waals surface area contributed by atoms with Gasteiger partial charge in [0.05, 0.1) is 0 Å². The van der Waals surface area contributed by atoms with E-state index in [0.717, 1.165) is 0 Å². The molecule has 0 bridgehead atoms. The lowest BCUT2D eigenvalue weighted by Gasteiger charge is -2.09. The fourth-order valence-electron chi connectivity index (χ4n) is 1.59. The largest absolute Gasteiger partial charge is 0.478 e. The summed E-state index contributed by atoms with van der Waals surface area (Å²) in [5.74, 6) is 0.136. The van der Waals surface area contributed by atoms with E-state index in [1.54, 1.807) is 43.1 Å². The molecule has 0 atom stereocenters. The number of aromatic nitrogens is 3. The van der Waals surface area contributed by atoms with Gasteiger partial charge in [-0.25, -0.2) is 14.8 Å². The number of carboxylic acid groups (broad SMARTS) is 1. The van der Waals surface area contributed by atoms with E-state index >= 15 is 0 Å². The number of carboxylic acids is 1. The lowest BCUT2D eigenvalue weighted by atomic mass is 10.1. The number of nitrogens with zero attached hydrogens (tertiary/aromatic N) is 3. The smallest absolute Gasteiger partial charge is 0.339 e. The zero-order valence-electron chi connectivity index (χ0n) is 9.01. The summed E-state index contributed by atoms with van der Waals surface area (Å²) in [6, 6.07) is 1.68. The minimum Gasteiger partial charge on any atom is -0.478 e. The third-order valence-corrected chi connectivity index (χ3v) is 2.41. The molecule has 2 heterocycles. The summed E-state index contributed by atoms with van der Waals surface area (Å²) in [6.45, 7) is 3.55. The average molecular weight is 217 g/mol. The molecule has 0 aliphatic carbocycles. The van der Waals surface area contributed by atoms with Gasteiger partial charge in [0.1, 0.15) is 11.4 Å². The van der Waals surface area contributed by atoms with Crippen molar-refractivity contribution in [3.05, 3.63) is 41.6 Å². The lowest BCUT2D eigenvalue weighted by molar-refractivity contribution is 0.0695. The Hall–Kier alpha value is -2.17. The van der Waals surface area contributed by atoms with Crippen LogP contribution >= 0.6 is 0 Å². The Morgan fingerprint density at radius 1 is 1.31 bits per heavy atom. The molecule has 0 spiro atoms. The Morgan fingerprint density at radius 3 is 2.62 bits per heavy atom. The number of carbonyl (C=O) groups is 1. The molecule has 2 aromatic rings. The van der Waals surface area contributed by atoms with Gasteiger partial charge in [-0.1, -0.05) is 0 Å². The summed E-state index contributed by atoms with van der Waals surface area (Å²) in [5, 5.41) is 9.16. The molecule has 0 amide bonds. The highest BCUT2D eigenvalue weighted by Crippen LogP contribution is 2.17. The molecule has 82 valence electrons. The van der Waals surface area contributed by atoms with Gasteiger partial charge in [0.2, 0.25) is 0 Å². The minimum absolute atomic E-state index is 0.212. The van der Waals surface area contributed by atoms with Crippen LogP contribution in [0.3, 0.4) is 0 Å². The summed E-state index contributed by atoms with van der Waals surface area (Å²) < 4.78 is 1.66. The van der Waals surface area contributed by atoms with Crippen LogP contribution in [0.15, 0.2) is 24.7 Å². The van der Waals surface area contributed by atoms with E-state index in [9.17, 15) is 4.79 Å². The van der Waals surface area contributed by atoms with Crippen molar-refractivity contribution >= 4 is 5.97 Å². The summed E-state index contributed by atoms with van der Waals surface area (Å²) >= 11 is 0. The molecule has 1 N–H and O–H groups in total. The first-order valence-corrected chi connectivity index (χ1v) is 4.80. The monoisotopic (exact) mass is 217 g/mol. The number of pyridine rings is 1. The Bertz CT molecular complexity index is 546. The molecule has 0 saturated heterocycles. The maximum atomic E-state index is 11.2. The molecular weight excluding hydrogens is 206 g/mol. The molecule has 5 nitrogen and oxygen atoms in total. The zero-order valence-corrected chi connectivity index (χ0v) is 9.01. The first-order chi connectivity index (χ1) is 7.61. The number of aromatic carboxylic acids is 1. The molecule has 0 aliphatic heterocycles. The number of imidazole rings is 1. The van der Waals surface area contributed by atoms with Gasteiger partial charge >= 0.3 is 5.97 Å². The molecule has 0 aliphatic rings. The van der Waals surface area contributed by atoms with Gasteiger partial charge in [0.25, 0.3) is 0 Å². The quantitative estimate of drug-likeness (QED) is 0.829. The summed E-state index contributed by atoms with van der Waals surface area (Å²) in [5.41, 5.74) is 0.897. The third kappa shape index (κ3) is 1.56. The molecular formula is C11H11N3O2. The molecule has 2 rings (SSSR count). The molecule has 0 saturated carbocycles. The molecule has 0 unspecified atom stereocenters. The maximum absolute atomic E-state index is 11.2. The highest BCUT2D eigenvalue weighted by Gasteiger charge is 2.16. The number of rotatable bonds is 2. The van der Waals surface area contributed by atoms with Crippen molar-refractivity contribution in [2.75, 3.05) is 0 Å². The van der Waals surface area contributed by atoms with Gasteiger partial charge in [-0.15, -0.1) is 0 Å². The highest BCUT2D eigenvalue weighted by molar-refractivity contribution is 5.92. The van der Waals surface area contributed by atoms with Crippen molar-refractivity contribution < 1.29 is 9.90 Å². The van der Waals surface area contributed by atoms with Gasteiger partial charge in [-0.3, -0.25) is 4.57 Å². The standard InChI is InChI=1S/C11H11N3O2/c1-7-3-4-13-10(9(7)11(15)16)14-6-5-12-8(14)2/h3-6H,1-2H3,(H,15,16). The number of hydrogen-bond acceptors (Lipinski definition) is 3. The van der Waals surface area contributed by atoms with E-state index in [-0.39, 0.29) is 5.56 Å². The molecule has 0 fully saturated rings. The van der Waals surface area contributed by atoms with Crippen LogP contribution in [-0.4, -0.2) is 25.6 Å². The van der Waals surface area contributed by atoms with Crippen LogP contribution in [0.4, 0.5) is 0 Å². The van der Waals surface area contributed by atoms with E-state index in [1.807, 2.05) is 0 Å². The van der Waals surface area contributed by atoms with E-state index in [2.05, 4.69) is 9.97 Å². The summed E-state index contributed by atoms with van der Waals surface area (Å²) in [4.78, 5) is 19.3. The SMILES string of the molecule is Cc1ccnc(-n2ccnc2C)c1C(=O)O. The molecule has 5 heteroatoms. The fourth-order valence-corrected chi connectivity index (χ4v) is 1.59. The normalized spacial score (nSPS) is 10.4. The van der Waals surface area contributed by atoms with Crippen molar-refractivity contribution in [1.82, 2.24) is 14.5 Å². The Morgan fingerprint density at radius 2 is 2.06 bits per heavy atom. The van der Waals surface area contributed by atoms with Crippen molar-refractivity contribution in [3.8, 4) is 5.82 Å². The van der Waals surface area contributed by atoms with Crippen LogP contribution in [-0.2, 0) is 0 Å². The van der Waals surface area contributed by atoms with Gasteiger partial charge in [-0.2, -0.15) is 0 Å². The van der Waals surface area contributed by atoms with Crippen molar-refractivity contribution in [2.45, 2.75) is 13.8 Å². The second-order valence-corrected chi connectivity index (χ2v) is 3.48. The van der Waals surface area contributed by atoms with Crippen molar-refractivity contribution in [2.24, 2.45) is 0 Å². The summed E-state index contributed by atoms with van der Waals surface area (Å²) in [6.07, 6.45) is 4.91. The number of hydrogen-bond donors (Lipinski definition) is 1. The lowest BCUT2D eigenvalue weighted by Crippen LogP contribution is -2.10. The zero-order chi connectivity index (χ0) is 11.7. The first kappa shape index (κ1) is 10.4. The van der Waals surface area contributed by atoms with E-state index in [0.29, 0.717) is 17.2 Å². The van der Waals surface area contributed by atoms with Gasteiger partial charge in [0.15, 0.2) is 5.82 Å². The van der Waals surface area contributed by atoms with Crippen molar-refractivity contribution in [1.29, 1.82) is 0 Å². The van der Waals surface area contributed by atoms with Gasteiger partial charge in [0, 0.05) is 18.6 Å². The second-order valence-electron chi connectivity index (χ2n) is 3.48. The number of aryl methyl sites for hydroxylation is 2. The van der Waals surface area contributed by atoms with Gasteiger partial charge < -0.3 is 5.11 Å². The van der Waals surface area contributed by atoms with Crippen LogP contribution in [0.5, 0.6) is 0 Å². The van der Waals surface area contributed by atoms with Crippen molar-refractivity contribution in [3.63, 3.8) is 0 Å². The molecule has 16 heavy (non-hydrogen) atoms. The second kappa shape index (κ2) is 3.77. The third-order valence-electron chi connectivity index (χ3n) is 2.41. The van der Waals surface area contributed by atoms with Gasteiger partial charge in [-0.05, 0) is 25.5 Å². The van der Waals surface area contributed by atoms with E-state index in [1.165, 1.54) is 0 Å². The molecule has 0 aromatic carbocycles. The summed E-state index contributed by atoms with van der Waals surface area (Å²) in [7, 11) is 0. The molecule has 2 aromatic heterocycles. The van der Waals surface area contributed by atoms with Crippen LogP contribution in [0.2, 0.25) is 0 Å². The average Bonchev–Trinajstić information content (AvgIpc) is 2.63. The van der Waals surface area contributed by atoms with Crippen LogP contribution in [0.1, 0.15) is 21.7 Å². The fraction of sp³-hybridized carbons (Fsp3) is 0.182. The predicted octanol–water partition coefficient (Wildman–Crippen LogP) is 1.58. The Labute approximate surface area is 92.4 Å². The first-order valence-electron chi connectivity index (χ1n) is 4.80. The minimum atomic E-state index is -0.978. The molecule has 0 radical (unpaired) electrons. The Balaban J connectivity index is 2.70. The predicted molar refractivity (Wildman–Crippen MR) is 57.8 cm³/mol. The van der Waals surface area contributed by atoms with E-state index in [4.69, 9.17) is 5.11 Å².